The first-order chi connectivity index (χ1) is 9.39. The Morgan fingerprint density at radius 3 is 3.00 bits per heavy atom. The summed E-state index contributed by atoms with van der Waals surface area (Å²) in [5, 5.41) is 0. The summed E-state index contributed by atoms with van der Waals surface area (Å²) in [5.41, 5.74) is -1.15. The molecule has 1 aromatic rings. The van der Waals surface area contributed by atoms with Crippen LogP contribution in [0.4, 0.5) is 0 Å². The predicted octanol–water partition coefficient (Wildman–Crippen LogP) is 0.504. The zero-order valence-corrected chi connectivity index (χ0v) is 12.0. The van der Waals surface area contributed by atoms with Crippen molar-refractivity contribution in [3.05, 3.63) is 33.1 Å². The van der Waals surface area contributed by atoms with E-state index in [-0.39, 0.29) is 6.61 Å². The maximum Gasteiger partial charge on any atom is 0.697 e. The van der Waals surface area contributed by atoms with Gasteiger partial charge in [0.05, 0.1) is 0 Å². The Kier molecular flexibility index (Phi) is 3.30. The second kappa shape index (κ2) is 4.75. The summed E-state index contributed by atoms with van der Waals surface area (Å²) in [6.45, 7) is 1.69. The molecule has 108 valence electrons. The van der Waals surface area contributed by atoms with Crippen molar-refractivity contribution in [1.29, 1.82) is 0 Å². The Balaban J connectivity index is 2.00. The van der Waals surface area contributed by atoms with Crippen LogP contribution in [0.3, 0.4) is 0 Å². The summed E-state index contributed by atoms with van der Waals surface area (Å²) in [7, 11) is -2.24. The largest absolute Gasteiger partial charge is 0.697 e. The first-order valence-corrected chi connectivity index (χ1v) is 7.30. The van der Waals surface area contributed by atoms with Gasteiger partial charge in [-0.3, -0.25) is 14.3 Å². The van der Waals surface area contributed by atoms with E-state index in [0.717, 1.165) is 0 Å². The molecule has 2 aliphatic heterocycles. The van der Waals surface area contributed by atoms with E-state index in [1.807, 2.05) is 0 Å². The molecule has 0 spiro atoms. The maximum absolute atomic E-state index is 11.8. The van der Waals surface area contributed by atoms with E-state index in [9.17, 15) is 14.2 Å². The van der Waals surface area contributed by atoms with Gasteiger partial charge >= 0.3 is 13.9 Å². The number of aromatic amines is 1. The second-order valence-corrected chi connectivity index (χ2v) is 6.47. The summed E-state index contributed by atoms with van der Waals surface area (Å²) in [6.07, 6.45) is -0.780. The SMILES string of the molecule is C[C@@]1(Cl)[C@@H]2O[P+](=O)OC[C@H]2O[C@H]1n1ccc(=O)[nH]c1=O. The van der Waals surface area contributed by atoms with Crippen molar-refractivity contribution < 1.29 is 18.3 Å². The molecule has 2 aliphatic rings. The number of H-pyrrole nitrogens is 1. The van der Waals surface area contributed by atoms with Crippen molar-refractivity contribution >= 4 is 19.9 Å². The molecule has 1 N–H and O–H groups in total. The number of ether oxygens (including phenoxy) is 1. The van der Waals surface area contributed by atoms with Crippen molar-refractivity contribution in [2.24, 2.45) is 0 Å². The Morgan fingerprint density at radius 2 is 2.30 bits per heavy atom. The lowest BCUT2D eigenvalue weighted by Crippen LogP contribution is -2.44. The number of hydrogen-bond donors (Lipinski definition) is 1. The molecule has 0 aliphatic carbocycles. The molecule has 2 fully saturated rings. The van der Waals surface area contributed by atoms with E-state index in [1.54, 1.807) is 6.92 Å². The fourth-order valence-electron chi connectivity index (χ4n) is 2.38. The number of aromatic nitrogens is 2. The molecular formula is C10H11ClN2O6P+. The van der Waals surface area contributed by atoms with Crippen molar-refractivity contribution in [2.75, 3.05) is 6.61 Å². The normalized spacial score (nSPS) is 38.7. The van der Waals surface area contributed by atoms with E-state index >= 15 is 0 Å². The minimum Gasteiger partial charge on any atom is -0.347 e. The van der Waals surface area contributed by atoms with E-state index in [0.29, 0.717) is 0 Å². The van der Waals surface area contributed by atoms with Gasteiger partial charge in [0.25, 0.3) is 5.56 Å². The van der Waals surface area contributed by atoms with Crippen LogP contribution in [0.15, 0.2) is 21.9 Å². The van der Waals surface area contributed by atoms with Gasteiger partial charge in [0.15, 0.2) is 12.3 Å². The number of fused-ring (bicyclic) bond motifs is 1. The van der Waals surface area contributed by atoms with Gasteiger partial charge in [0.2, 0.25) is 0 Å². The van der Waals surface area contributed by atoms with Crippen molar-refractivity contribution in [3.8, 4) is 0 Å². The first kappa shape index (κ1) is 13.9. The standard InChI is InChI=1S/C10H10ClN2O6P/c1-10(11)7-5(4-17-20(16)19-7)18-8(10)13-3-2-6(14)12-9(13)15/h2-3,5,7-8H,4H2,1H3/p+1/t5-,7-,8-,10-/m1/s1. The van der Waals surface area contributed by atoms with E-state index < -0.39 is 42.8 Å². The maximum atomic E-state index is 11.8. The zero-order valence-electron chi connectivity index (χ0n) is 10.3. The summed E-state index contributed by atoms with van der Waals surface area (Å²) in [4.78, 5) is 23.9. The molecule has 1 unspecified atom stereocenters. The van der Waals surface area contributed by atoms with Crippen LogP contribution in [0.1, 0.15) is 13.2 Å². The molecule has 5 atom stereocenters. The van der Waals surface area contributed by atoms with Crippen molar-refractivity contribution in [3.63, 3.8) is 0 Å². The average molecular weight is 322 g/mol. The quantitative estimate of drug-likeness (QED) is 0.597. The van der Waals surface area contributed by atoms with E-state index in [2.05, 4.69) is 4.98 Å². The smallest absolute Gasteiger partial charge is 0.347 e. The van der Waals surface area contributed by atoms with Crippen LogP contribution in [-0.2, 0) is 18.3 Å². The highest BCUT2D eigenvalue weighted by Crippen LogP contribution is 2.50. The van der Waals surface area contributed by atoms with Crippen LogP contribution in [0, 0.1) is 0 Å². The number of nitrogens with zero attached hydrogens (tertiary/aromatic N) is 1. The van der Waals surface area contributed by atoms with E-state index in [1.165, 1.54) is 16.8 Å². The number of rotatable bonds is 1. The van der Waals surface area contributed by atoms with Gasteiger partial charge < -0.3 is 4.74 Å². The van der Waals surface area contributed by atoms with Gasteiger partial charge in [-0.25, -0.2) is 4.79 Å². The highest BCUT2D eigenvalue weighted by Gasteiger charge is 2.61. The minimum atomic E-state index is -2.24. The third-order valence-electron chi connectivity index (χ3n) is 3.33. The fourth-order valence-corrected chi connectivity index (χ4v) is 3.65. The predicted molar refractivity (Wildman–Crippen MR) is 67.9 cm³/mol. The monoisotopic (exact) mass is 321 g/mol. The molecule has 0 aromatic carbocycles. The van der Waals surface area contributed by atoms with Gasteiger partial charge in [-0.2, -0.15) is 0 Å². The molecule has 0 amide bonds. The van der Waals surface area contributed by atoms with Gasteiger partial charge in [-0.05, 0) is 6.92 Å². The van der Waals surface area contributed by atoms with Gasteiger partial charge in [0, 0.05) is 16.8 Å². The summed E-state index contributed by atoms with van der Waals surface area (Å²) >= 11 is 6.43. The summed E-state index contributed by atoms with van der Waals surface area (Å²) in [5.74, 6) is 0. The number of alkyl halides is 1. The zero-order chi connectivity index (χ0) is 14.5. The molecule has 0 bridgehead atoms. The Morgan fingerprint density at radius 1 is 1.55 bits per heavy atom. The molecule has 1 aromatic heterocycles. The third-order valence-corrected chi connectivity index (χ3v) is 4.49. The number of nitrogens with one attached hydrogen (secondary N) is 1. The molecule has 0 saturated carbocycles. The van der Waals surface area contributed by atoms with Gasteiger partial charge in [-0.1, -0.05) is 0 Å². The lowest BCUT2D eigenvalue weighted by atomic mass is 10.0. The van der Waals surface area contributed by atoms with Crippen LogP contribution in [0.25, 0.3) is 0 Å². The summed E-state index contributed by atoms with van der Waals surface area (Å²) in [6, 6.07) is 1.19. The highest BCUT2D eigenvalue weighted by atomic mass is 35.5. The molecule has 10 heteroatoms. The van der Waals surface area contributed by atoms with Gasteiger partial charge in [0.1, 0.15) is 17.6 Å². The fraction of sp³-hybridized carbons (Fsp3) is 0.600. The van der Waals surface area contributed by atoms with Crippen molar-refractivity contribution in [1.82, 2.24) is 9.55 Å². The third kappa shape index (κ3) is 2.13. The van der Waals surface area contributed by atoms with Crippen LogP contribution < -0.4 is 11.2 Å². The lowest BCUT2D eigenvalue weighted by molar-refractivity contribution is -0.0551. The first-order valence-electron chi connectivity index (χ1n) is 5.82. The van der Waals surface area contributed by atoms with Crippen molar-refractivity contribution in [2.45, 2.75) is 30.2 Å². The molecular weight excluding hydrogens is 311 g/mol. The van der Waals surface area contributed by atoms with Crippen LogP contribution in [0.2, 0.25) is 0 Å². The molecule has 3 rings (SSSR count). The molecule has 0 radical (unpaired) electrons. The Labute approximate surface area is 118 Å². The Hall–Kier alpha value is -1.05. The molecule has 3 heterocycles. The number of hydrogen-bond acceptors (Lipinski definition) is 6. The van der Waals surface area contributed by atoms with Crippen LogP contribution in [0.5, 0.6) is 0 Å². The summed E-state index contributed by atoms with van der Waals surface area (Å²) < 4.78 is 28.2. The topological polar surface area (TPSA) is 99.6 Å². The highest BCUT2D eigenvalue weighted by molar-refractivity contribution is 7.33. The second-order valence-electron chi connectivity index (χ2n) is 4.74. The van der Waals surface area contributed by atoms with Crippen LogP contribution in [-0.4, -0.2) is 33.2 Å². The lowest BCUT2D eigenvalue weighted by Gasteiger charge is -2.26. The molecule has 20 heavy (non-hydrogen) atoms. The van der Waals surface area contributed by atoms with Crippen LogP contribution >= 0.6 is 19.9 Å². The number of halogens is 1. The molecule has 2 saturated heterocycles. The average Bonchev–Trinajstić information content (AvgIpc) is 2.62. The van der Waals surface area contributed by atoms with Gasteiger partial charge in [-0.15, -0.1) is 20.6 Å². The molecule has 8 nitrogen and oxygen atoms in total. The van der Waals surface area contributed by atoms with E-state index in [4.69, 9.17) is 25.4 Å². The Bertz CT molecular complexity index is 670. The minimum absolute atomic E-state index is 0.0663.